The third-order valence-electron chi connectivity index (χ3n) is 4.59. The van der Waals surface area contributed by atoms with Crippen LogP contribution < -0.4 is 0 Å². The molecule has 3 rings (SSSR count). The van der Waals surface area contributed by atoms with Crippen LogP contribution in [0, 0.1) is 0 Å². The van der Waals surface area contributed by atoms with E-state index in [1.165, 1.54) is 0 Å². The molecule has 0 aliphatic carbocycles. The van der Waals surface area contributed by atoms with Crippen molar-refractivity contribution in [3.8, 4) is 0 Å². The van der Waals surface area contributed by atoms with Crippen LogP contribution >= 0.6 is 0 Å². The van der Waals surface area contributed by atoms with Gasteiger partial charge in [0.05, 0.1) is 11.4 Å². The second kappa shape index (κ2) is 7.37. The maximum absolute atomic E-state index is 12.7. The summed E-state index contributed by atoms with van der Waals surface area (Å²) in [5, 5.41) is 8.91. The minimum Gasteiger partial charge on any atom is -0.347 e. The molecule has 2 aromatic rings. The van der Waals surface area contributed by atoms with Gasteiger partial charge in [0, 0.05) is 73.3 Å². The van der Waals surface area contributed by atoms with E-state index in [0.29, 0.717) is 13.1 Å². The lowest BCUT2D eigenvalue weighted by Crippen LogP contribution is -2.58. The molecule has 1 unspecified atom stereocenters. The van der Waals surface area contributed by atoms with Crippen LogP contribution in [-0.4, -0.2) is 79.9 Å². The monoisotopic (exact) mass is 345 g/mol. The molecular formula is C17H27N7O. The predicted molar refractivity (Wildman–Crippen MR) is 94.6 cm³/mol. The first-order chi connectivity index (χ1) is 11.9. The van der Waals surface area contributed by atoms with Crippen molar-refractivity contribution in [2.75, 3.05) is 33.7 Å². The average Bonchev–Trinajstić information content (AvgIpc) is 3.16. The highest BCUT2D eigenvalue weighted by Gasteiger charge is 2.33. The minimum absolute atomic E-state index is 0.140. The SMILES string of the molecule is CN(C)C(=O)C1CN(Cc2ccn(C)n2)CCN1Cc1ccn(C)n1. The van der Waals surface area contributed by atoms with Gasteiger partial charge in [0.1, 0.15) is 6.04 Å². The number of carbonyl (C=O) groups is 1. The van der Waals surface area contributed by atoms with Crippen LogP contribution in [0.15, 0.2) is 24.5 Å². The molecule has 1 fully saturated rings. The van der Waals surface area contributed by atoms with Crippen molar-refractivity contribution in [3.05, 3.63) is 35.9 Å². The maximum Gasteiger partial charge on any atom is 0.240 e. The average molecular weight is 345 g/mol. The third kappa shape index (κ3) is 4.26. The summed E-state index contributed by atoms with van der Waals surface area (Å²) in [5.74, 6) is 0.140. The smallest absolute Gasteiger partial charge is 0.240 e. The van der Waals surface area contributed by atoms with Gasteiger partial charge in [-0.05, 0) is 12.1 Å². The highest BCUT2D eigenvalue weighted by atomic mass is 16.2. The van der Waals surface area contributed by atoms with E-state index in [2.05, 4.69) is 20.0 Å². The molecule has 2 aromatic heterocycles. The fraction of sp³-hybridized carbons (Fsp3) is 0.588. The van der Waals surface area contributed by atoms with Gasteiger partial charge < -0.3 is 4.90 Å². The third-order valence-corrected chi connectivity index (χ3v) is 4.59. The molecule has 0 radical (unpaired) electrons. The number of carbonyl (C=O) groups excluding carboxylic acids is 1. The molecule has 8 nitrogen and oxygen atoms in total. The molecule has 1 saturated heterocycles. The summed E-state index contributed by atoms with van der Waals surface area (Å²) in [6, 6.07) is 3.88. The topological polar surface area (TPSA) is 62.4 Å². The van der Waals surface area contributed by atoms with Crippen molar-refractivity contribution in [2.24, 2.45) is 14.1 Å². The lowest BCUT2D eigenvalue weighted by atomic mass is 10.1. The second-order valence-corrected chi connectivity index (χ2v) is 6.92. The largest absolute Gasteiger partial charge is 0.347 e. The van der Waals surface area contributed by atoms with Crippen LogP contribution in [0.2, 0.25) is 0 Å². The summed E-state index contributed by atoms with van der Waals surface area (Å²) in [7, 11) is 7.47. The van der Waals surface area contributed by atoms with Gasteiger partial charge in [-0.2, -0.15) is 10.2 Å². The lowest BCUT2D eigenvalue weighted by Gasteiger charge is -2.41. The number of piperazine rings is 1. The summed E-state index contributed by atoms with van der Waals surface area (Å²) in [4.78, 5) is 18.9. The molecule has 1 atom stereocenters. The van der Waals surface area contributed by atoms with E-state index in [4.69, 9.17) is 0 Å². The number of aryl methyl sites for hydroxylation is 2. The van der Waals surface area contributed by atoms with Gasteiger partial charge in [-0.1, -0.05) is 0 Å². The molecule has 0 bridgehead atoms. The number of rotatable bonds is 5. The molecule has 0 aromatic carbocycles. The number of hydrogen-bond donors (Lipinski definition) is 0. The van der Waals surface area contributed by atoms with Crippen LogP contribution in [-0.2, 0) is 32.0 Å². The second-order valence-electron chi connectivity index (χ2n) is 6.92. The summed E-state index contributed by atoms with van der Waals surface area (Å²) >= 11 is 0. The van der Waals surface area contributed by atoms with E-state index in [0.717, 1.165) is 31.0 Å². The van der Waals surface area contributed by atoms with Crippen molar-refractivity contribution in [1.82, 2.24) is 34.3 Å². The van der Waals surface area contributed by atoms with E-state index >= 15 is 0 Å². The van der Waals surface area contributed by atoms with Gasteiger partial charge in [-0.15, -0.1) is 0 Å². The number of amides is 1. The zero-order chi connectivity index (χ0) is 18.0. The Morgan fingerprint density at radius 2 is 1.68 bits per heavy atom. The molecule has 3 heterocycles. The molecule has 0 saturated carbocycles. The Balaban J connectivity index is 1.70. The molecule has 136 valence electrons. The molecule has 8 heteroatoms. The van der Waals surface area contributed by atoms with Gasteiger partial charge in [-0.25, -0.2) is 0 Å². The Labute approximate surface area is 148 Å². The summed E-state index contributed by atoms with van der Waals surface area (Å²) in [6.45, 7) is 3.94. The highest BCUT2D eigenvalue weighted by Crippen LogP contribution is 2.16. The first-order valence-electron chi connectivity index (χ1n) is 8.57. The quantitative estimate of drug-likeness (QED) is 0.759. The van der Waals surface area contributed by atoms with Crippen LogP contribution in [0.1, 0.15) is 11.4 Å². The summed E-state index contributed by atoms with van der Waals surface area (Å²) in [6.07, 6.45) is 3.89. The first kappa shape index (κ1) is 17.6. The van der Waals surface area contributed by atoms with Crippen LogP contribution in [0.25, 0.3) is 0 Å². The van der Waals surface area contributed by atoms with Crippen LogP contribution in [0.4, 0.5) is 0 Å². The van der Waals surface area contributed by atoms with E-state index in [1.54, 1.807) is 9.58 Å². The van der Waals surface area contributed by atoms with Crippen molar-refractivity contribution < 1.29 is 4.79 Å². The molecular weight excluding hydrogens is 318 g/mol. The summed E-state index contributed by atoms with van der Waals surface area (Å²) < 4.78 is 3.62. The standard InChI is InChI=1S/C17H27N7O/c1-20(2)17(25)16-13-23(11-14-5-7-21(3)18-14)9-10-24(16)12-15-6-8-22(4)19-15/h5-8,16H,9-13H2,1-4H3. The minimum atomic E-state index is -0.158. The van der Waals surface area contributed by atoms with E-state index in [9.17, 15) is 4.79 Å². The van der Waals surface area contributed by atoms with Gasteiger partial charge in [0.15, 0.2) is 0 Å². The van der Waals surface area contributed by atoms with Gasteiger partial charge in [0.2, 0.25) is 5.91 Å². The Hall–Kier alpha value is -2.19. The van der Waals surface area contributed by atoms with Crippen molar-refractivity contribution in [3.63, 3.8) is 0 Å². The number of likely N-dealkylation sites (N-methyl/N-ethyl adjacent to an activating group) is 1. The molecule has 0 spiro atoms. The van der Waals surface area contributed by atoms with Gasteiger partial charge in [0.25, 0.3) is 0 Å². The van der Waals surface area contributed by atoms with E-state index < -0.39 is 0 Å². The van der Waals surface area contributed by atoms with Crippen molar-refractivity contribution in [1.29, 1.82) is 0 Å². The fourth-order valence-corrected chi connectivity index (χ4v) is 3.27. The Kier molecular flexibility index (Phi) is 5.19. The van der Waals surface area contributed by atoms with Crippen LogP contribution in [0.3, 0.4) is 0 Å². The number of nitrogens with zero attached hydrogens (tertiary/aromatic N) is 7. The maximum atomic E-state index is 12.7. The normalized spacial score (nSPS) is 19.3. The fourth-order valence-electron chi connectivity index (χ4n) is 3.27. The molecule has 25 heavy (non-hydrogen) atoms. The van der Waals surface area contributed by atoms with E-state index in [-0.39, 0.29) is 11.9 Å². The molecule has 0 N–H and O–H groups in total. The highest BCUT2D eigenvalue weighted by molar-refractivity contribution is 5.81. The first-order valence-corrected chi connectivity index (χ1v) is 8.57. The predicted octanol–water partition coefficient (Wildman–Crippen LogP) is -0.0718. The molecule has 1 aliphatic heterocycles. The van der Waals surface area contributed by atoms with Crippen molar-refractivity contribution >= 4 is 5.91 Å². The van der Waals surface area contributed by atoms with Crippen molar-refractivity contribution in [2.45, 2.75) is 19.1 Å². The Morgan fingerprint density at radius 1 is 1.08 bits per heavy atom. The molecule has 1 amide bonds. The Morgan fingerprint density at radius 3 is 2.20 bits per heavy atom. The Bertz CT molecular complexity index is 720. The van der Waals surface area contributed by atoms with E-state index in [1.807, 2.05) is 57.4 Å². The number of aromatic nitrogens is 4. The molecule has 1 aliphatic rings. The number of hydrogen-bond acceptors (Lipinski definition) is 5. The van der Waals surface area contributed by atoms with Gasteiger partial charge >= 0.3 is 0 Å². The zero-order valence-electron chi connectivity index (χ0n) is 15.5. The summed E-state index contributed by atoms with van der Waals surface area (Å²) in [5.41, 5.74) is 2.04. The van der Waals surface area contributed by atoms with Crippen LogP contribution in [0.5, 0.6) is 0 Å². The zero-order valence-corrected chi connectivity index (χ0v) is 15.5. The lowest BCUT2D eigenvalue weighted by molar-refractivity contribution is -0.137. The van der Waals surface area contributed by atoms with Gasteiger partial charge in [-0.3, -0.25) is 24.0 Å².